The van der Waals surface area contributed by atoms with Crippen molar-refractivity contribution in [3.05, 3.63) is 33.8 Å². The fourth-order valence-corrected chi connectivity index (χ4v) is 3.95. The molecule has 2 rings (SSSR count). The summed E-state index contributed by atoms with van der Waals surface area (Å²) < 4.78 is 0. The molecular weight excluding hydrogens is 284 g/mol. The molecule has 0 aromatic heterocycles. The van der Waals surface area contributed by atoms with Crippen LogP contribution in [-0.4, -0.2) is 5.91 Å². The van der Waals surface area contributed by atoms with E-state index in [2.05, 4.69) is 6.07 Å². The van der Waals surface area contributed by atoms with Gasteiger partial charge in [0.25, 0.3) is 0 Å². The summed E-state index contributed by atoms with van der Waals surface area (Å²) in [4.78, 5) is 11.4. The monoisotopic (exact) mass is 308 g/mol. The lowest BCUT2D eigenvalue weighted by Crippen LogP contribution is -2.30. The Morgan fingerprint density at radius 2 is 1.90 bits per heavy atom. The molecule has 21 heavy (non-hydrogen) atoms. The Balaban J connectivity index is 2.21. The first-order valence-electron chi connectivity index (χ1n) is 7.63. The smallest absolute Gasteiger partial charge is 0.217 e. The molecule has 1 aromatic carbocycles. The number of hydrogen-bond acceptors (Lipinski definition) is 2. The lowest BCUT2D eigenvalue weighted by Gasteiger charge is -2.31. The van der Waals surface area contributed by atoms with E-state index in [1.807, 2.05) is 19.9 Å². The van der Waals surface area contributed by atoms with Gasteiger partial charge in [0.05, 0.1) is 0 Å². The van der Waals surface area contributed by atoms with Crippen LogP contribution in [0.1, 0.15) is 61.3 Å². The van der Waals surface area contributed by atoms with Crippen LogP contribution in [0.15, 0.2) is 12.1 Å². The number of aryl methyl sites for hydroxylation is 2. The summed E-state index contributed by atoms with van der Waals surface area (Å²) >= 11 is 6.16. The molecule has 1 fully saturated rings. The molecule has 0 radical (unpaired) electrons. The zero-order chi connectivity index (χ0) is 15.6. The van der Waals surface area contributed by atoms with Gasteiger partial charge in [-0.3, -0.25) is 4.79 Å². The first kappa shape index (κ1) is 16.3. The highest BCUT2D eigenvalue weighted by Crippen LogP contribution is 2.47. The zero-order valence-corrected chi connectivity index (χ0v) is 13.7. The standard InChI is InChI=1S/C17H25ClN2O/c1-11-8-14(18)12(2)7-13(11)15(19)9-17(10-16(20)21)5-3-4-6-17/h7-8,15H,3-6,9-10,19H2,1-2H3,(H2,20,21). The summed E-state index contributed by atoms with van der Waals surface area (Å²) in [7, 11) is 0. The number of primary amides is 1. The van der Waals surface area contributed by atoms with Crippen molar-refractivity contribution in [3.8, 4) is 0 Å². The first-order chi connectivity index (χ1) is 9.83. The van der Waals surface area contributed by atoms with Crippen LogP contribution >= 0.6 is 11.6 Å². The Kier molecular flexibility index (Phi) is 4.95. The van der Waals surface area contributed by atoms with Crippen LogP contribution in [0, 0.1) is 19.3 Å². The second-order valence-corrected chi connectivity index (χ2v) is 7.03. The molecule has 0 bridgehead atoms. The summed E-state index contributed by atoms with van der Waals surface area (Å²) in [6.45, 7) is 4.03. The Labute approximate surface area is 132 Å². The molecule has 1 atom stereocenters. The Bertz CT molecular complexity index is 536. The van der Waals surface area contributed by atoms with Crippen molar-refractivity contribution >= 4 is 17.5 Å². The van der Waals surface area contributed by atoms with Gasteiger partial charge in [0.2, 0.25) is 5.91 Å². The minimum atomic E-state index is -0.215. The highest BCUT2D eigenvalue weighted by molar-refractivity contribution is 6.31. The number of carbonyl (C=O) groups excluding carboxylic acids is 1. The molecule has 1 aliphatic carbocycles. The summed E-state index contributed by atoms with van der Waals surface area (Å²) in [5.41, 5.74) is 15.2. The second kappa shape index (κ2) is 6.37. The third kappa shape index (κ3) is 3.78. The van der Waals surface area contributed by atoms with Gasteiger partial charge in [-0.15, -0.1) is 0 Å². The number of halogens is 1. The van der Waals surface area contributed by atoms with E-state index in [0.717, 1.165) is 41.0 Å². The van der Waals surface area contributed by atoms with Crippen LogP contribution in [0.5, 0.6) is 0 Å². The molecule has 1 saturated carbocycles. The average Bonchev–Trinajstić information content (AvgIpc) is 2.80. The van der Waals surface area contributed by atoms with Gasteiger partial charge < -0.3 is 11.5 Å². The quantitative estimate of drug-likeness (QED) is 0.869. The molecule has 0 saturated heterocycles. The minimum Gasteiger partial charge on any atom is -0.370 e. The predicted octanol–water partition coefficient (Wildman–Crippen LogP) is 3.78. The van der Waals surface area contributed by atoms with Gasteiger partial charge in [-0.2, -0.15) is 0 Å². The van der Waals surface area contributed by atoms with Crippen LogP contribution in [0.2, 0.25) is 5.02 Å². The van der Waals surface area contributed by atoms with E-state index in [4.69, 9.17) is 23.1 Å². The summed E-state index contributed by atoms with van der Waals surface area (Å²) in [5, 5.41) is 0.774. The van der Waals surface area contributed by atoms with E-state index < -0.39 is 0 Å². The third-order valence-electron chi connectivity index (χ3n) is 4.81. The lowest BCUT2D eigenvalue weighted by atomic mass is 9.75. The van der Waals surface area contributed by atoms with Crippen molar-refractivity contribution in [2.45, 2.75) is 58.4 Å². The first-order valence-corrected chi connectivity index (χ1v) is 8.01. The largest absolute Gasteiger partial charge is 0.370 e. The maximum Gasteiger partial charge on any atom is 0.217 e. The number of hydrogen-bond donors (Lipinski definition) is 2. The zero-order valence-electron chi connectivity index (χ0n) is 12.9. The Morgan fingerprint density at radius 1 is 1.29 bits per heavy atom. The molecule has 1 aromatic rings. The van der Waals surface area contributed by atoms with E-state index in [0.29, 0.717) is 6.42 Å². The molecule has 0 heterocycles. The average molecular weight is 309 g/mol. The molecule has 4 N–H and O–H groups in total. The van der Waals surface area contributed by atoms with Crippen molar-refractivity contribution in [2.24, 2.45) is 16.9 Å². The van der Waals surface area contributed by atoms with Gasteiger partial charge in [0, 0.05) is 17.5 Å². The lowest BCUT2D eigenvalue weighted by molar-refractivity contribution is -0.120. The molecule has 1 aliphatic rings. The van der Waals surface area contributed by atoms with Crippen molar-refractivity contribution < 1.29 is 4.79 Å². The van der Waals surface area contributed by atoms with Crippen molar-refractivity contribution in [3.63, 3.8) is 0 Å². The molecule has 3 nitrogen and oxygen atoms in total. The Morgan fingerprint density at radius 3 is 2.48 bits per heavy atom. The van der Waals surface area contributed by atoms with Crippen LogP contribution < -0.4 is 11.5 Å². The number of amides is 1. The van der Waals surface area contributed by atoms with Gasteiger partial charge in [-0.1, -0.05) is 30.5 Å². The summed E-state index contributed by atoms with van der Waals surface area (Å²) in [5.74, 6) is -0.215. The van der Waals surface area contributed by atoms with Gasteiger partial charge in [-0.05, 0) is 61.3 Å². The van der Waals surface area contributed by atoms with Gasteiger partial charge in [0.1, 0.15) is 0 Å². The fraction of sp³-hybridized carbons (Fsp3) is 0.588. The van der Waals surface area contributed by atoms with Crippen molar-refractivity contribution in [1.82, 2.24) is 0 Å². The van der Waals surface area contributed by atoms with E-state index in [1.54, 1.807) is 0 Å². The second-order valence-electron chi connectivity index (χ2n) is 6.62. The number of nitrogens with two attached hydrogens (primary N) is 2. The van der Waals surface area contributed by atoms with Crippen LogP contribution in [0.4, 0.5) is 0 Å². The van der Waals surface area contributed by atoms with E-state index in [9.17, 15) is 4.79 Å². The summed E-state index contributed by atoms with van der Waals surface area (Å²) in [6.07, 6.45) is 5.70. The van der Waals surface area contributed by atoms with Crippen LogP contribution in [-0.2, 0) is 4.79 Å². The topological polar surface area (TPSA) is 69.1 Å². The predicted molar refractivity (Wildman–Crippen MR) is 87.2 cm³/mol. The van der Waals surface area contributed by atoms with Crippen LogP contribution in [0.3, 0.4) is 0 Å². The number of rotatable bonds is 5. The molecule has 1 amide bonds. The van der Waals surface area contributed by atoms with E-state index in [1.165, 1.54) is 12.8 Å². The number of carbonyl (C=O) groups is 1. The Hall–Kier alpha value is -1.06. The molecule has 4 heteroatoms. The summed E-state index contributed by atoms with van der Waals surface area (Å²) in [6, 6.07) is 3.98. The maximum atomic E-state index is 11.4. The van der Waals surface area contributed by atoms with E-state index in [-0.39, 0.29) is 17.4 Å². The highest BCUT2D eigenvalue weighted by Gasteiger charge is 2.37. The molecule has 0 spiro atoms. The highest BCUT2D eigenvalue weighted by atomic mass is 35.5. The molecule has 1 unspecified atom stereocenters. The van der Waals surface area contributed by atoms with Crippen LogP contribution in [0.25, 0.3) is 0 Å². The normalized spacial score (nSPS) is 18.7. The van der Waals surface area contributed by atoms with Crippen molar-refractivity contribution in [2.75, 3.05) is 0 Å². The van der Waals surface area contributed by atoms with Gasteiger partial charge >= 0.3 is 0 Å². The fourth-order valence-electron chi connectivity index (χ4n) is 3.73. The molecule has 0 aliphatic heterocycles. The SMILES string of the molecule is Cc1cc(C(N)CC2(CC(N)=O)CCCC2)c(C)cc1Cl. The molecular formula is C17H25ClN2O. The maximum absolute atomic E-state index is 11.4. The number of benzene rings is 1. The third-order valence-corrected chi connectivity index (χ3v) is 5.22. The minimum absolute atomic E-state index is 0.00870. The van der Waals surface area contributed by atoms with Gasteiger partial charge in [0.15, 0.2) is 0 Å². The van der Waals surface area contributed by atoms with Gasteiger partial charge in [-0.25, -0.2) is 0 Å². The van der Waals surface area contributed by atoms with Crippen molar-refractivity contribution in [1.29, 1.82) is 0 Å². The van der Waals surface area contributed by atoms with E-state index >= 15 is 0 Å². The molecule has 116 valence electrons.